The van der Waals surface area contributed by atoms with Crippen LogP contribution in [-0.4, -0.2) is 29.8 Å². The van der Waals surface area contributed by atoms with Gasteiger partial charge < -0.3 is 5.32 Å². The van der Waals surface area contributed by atoms with Gasteiger partial charge >= 0.3 is 0 Å². The van der Waals surface area contributed by atoms with Crippen LogP contribution in [0.4, 0.5) is 5.69 Å². The van der Waals surface area contributed by atoms with E-state index in [-0.39, 0.29) is 11.3 Å². The van der Waals surface area contributed by atoms with Gasteiger partial charge in [0.15, 0.2) is 5.71 Å². The van der Waals surface area contributed by atoms with Gasteiger partial charge in [-0.1, -0.05) is 51.5 Å². The molecule has 1 heterocycles. The number of amides is 1. The van der Waals surface area contributed by atoms with Gasteiger partial charge in [0, 0.05) is 36.7 Å². The molecule has 0 spiro atoms. The van der Waals surface area contributed by atoms with Crippen molar-refractivity contribution in [3.63, 3.8) is 0 Å². The van der Waals surface area contributed by atoms with E-state index in [4.69, 9.17) is 0 Å². The molecule has 1 aliphatic heterocycles. The first-order valence-corrected chi connectivity index (χ1v) is 12.1. The van der Waals surface area contributed by atoms with Crippen LogP contribution in [0.5, 0.6) is 0 Å². The Labute approximate surface area is 194 Å². The molecule has 0 unspecified atom stereocenters. The molecule has 2 aromatic carbocycles. The van der Waals surface area contributed by atoms with E-state index < -0.39 is 0 Å². The topological polar surface area (TPSA) is 32.1 Å². The van der Waals surface area contributed by atoms with Crippen LogP contribution in [0.3, 0.4) is 0 Å². The van der Waals surface area contributed by atoms with E-state index in [1.807, 2.05) is 6.07 Å². The largest absolute Gasteiger partial charge is 0.355 e. The molecule has 0 saturated carbocycles. The van der Waals surface area contributed by atoms with Crippen LogP contribution in [-0.2, 0) is 11.8 Å². The predicted octanol–water partition coefficient (Wildman–Crippen LogP) is 6.52. The maximum absolute atomic E-state index is 12.3. The van der Waals surface area contributed by atoms with Gasteiger partial charge in [-0.3, -0.25) is 4.79 Å². The molecule has 3 heteroatoms. The molecule has 0 fully saturated rings. The van der Waals surface area contributed by atoms with Gasteiger partial charge in [-0.25, -0.2) is 0 Å². The van der Waals surface area contributed by atoms with Crippen LogP contribution in [0.2, 0.25) is 0 Å². The van der Waals surface area contributed by atoms with E-state index in [0.29, 0.717) is 5.92 Å². The summed E-state index contributed by atoms with van der Waals surface area (Å²) in [6.07, 6.45) is 9.24. The van der Waals surface area contributed by atoms with E-state index in [9.17, 15) is 4.79 Å². The molecular formula is C29H39N2O+. The Kier molecular flexibility index (Phi) is 7.71. The Morgan fingerprint density at radius 2 is 1.81 bits per heavy atom. The number of benzene rings is 2. The molecule has 3 nitrogen and oxygen atoms in total. The van der Waals surface area contributed by atoms with E-state index in [1.165, 1.54) is 40.9 Å². The van der Waals surface area contributed by atoms with E-state index in [1.54, 1.807) is 7.05 Å². The minimum Gasteiger partial charge on any atom is -0.355 e. The fraction of sp³-hybridized carbons (Fsp3) is 0.448. The van der Waals surface area contributed by atoms with Gasteiger partial charge in [-0.15, -0.1) is 0 Å². The molecule has 170 valence electrons. The Hall–Kier alpha value is -2.68. The van der Waals surface area contributed by atoms with E-state index >= 15 is 0 Å². The molecular weight excluding hydrogens is 392 g/mol. The minimum absolute atomic E-state index is 0.0375. The monoisotopic (exact) mass is 431 g/mol. The van der Waals surface area contributed by atoms with Crippen molar-refractivity contribution in [2.24, 2.45) is 5.92 Å². The van der Waals surface area contributed by atoms with Gasteiger partial charge in [0.25, 0.3) is 5.91 Å². The van der Waals surface area contributed by atoms with Gasteiger partial charge in [0.05, 0.1) is 5.41 Å². The lowest BCUT2D eigenvalue weighted by Gasteiger charge is -2.16. The number of unbranched alkanes of at least 4 members (excludes halogenated alkanes) is 1. The second-order valence-corrected chi connectivity index (χ2v) is 9.83. The lowest BCUT2D eigenvalue weighted by Crippen LogP contribution is -2.28. The molecule has 0 saturated heterocycles. The smallest absolute Gasteiger partial charge is 0.251 e. The molecule has 0 bridgehead atoms. The third kappa shape index (κ3) is 5.20. The highest BCUT2D eigenvalue weighted by atomic mass is 16.1. The van der Waals surface area contributed by atoms with Gasteiger partial charge in [-0.2, -0.15) is 4.58 Å². The quantitative estimate of drug-likeness (QED) is 0.450. The summed E-state index contributed by atoms with van der Waals surface area (Å²) in [5.74, 6) is 0.595. The van der Waals surface area contributed by atoms with Crippen LogP contribution in [0.15, 0.2) is 48.5 Å². The third-order valence-electron chi connectivity index (χ3n) is 6.54. The number of rotatable bonds is 9. The average molecular weight is 432 g/mol. The molecule has 2 aromatic rings. The van der Waals surface area contributed by atoms with Crippen molar-refractivity contribution >= 4 is 23.4 Å². The summed E-state index contributed by atoms with van der Waals surface area (Å²) in [6.45, 7) is 12.3. The zero-order valence-corrected chi connectivity index (χ0v) is 20.7. The average Bonchev–Trinajstić information content (AvgIpc) is 3.00. The van der Waals surface area contributed by atoms with Crippen LogP contribution < -0.4 is 5.32 Å². The number of nitrogens with zero attached hydrogens (tertiary/aromatic N) is 1. The number of fused-ring (bicyclic) bond motifs is 1. The maximum Gasteiger partial charge on any atom is 0.251 e. The number of aryl methyl sites for hydroxylation is 1. The number of nitrogens with one attached hydrogen (secondary N) is 1. The predicted molar refractivity (Wildman–Crippen MR) is 136 cm³/mol. The lowest BCUT2D eigenvalue weighted by atomic mass is 9.80. The molecule has 3 rings (SSSR count). The first-order chi connectivity index (χ1) is 15.3. The maximum atomic E-state index is 12.3. The van der Waals surface area contributed by atoms with Crippen LogP contribution in [0.25, 0.3) is 6.08 Å². The van der Waals surface area contributed by atoms with E-state index in [2.05, 4.69) is 93.1 Å². The van der Waals surface area contributed by atoms with Crippen molar-refractivity contribution in [1.29, 1.82) is 0 Å². The van der Waals surface area contributed by atoms with Crippen molar-refractivity contribution < 1.29 is 9.37 Å². The first kappa shape index (κ1) is 24.0. The summed E-state index contributed by atoms with van der Waals surface area (Å²) < 4.78 is 2.45. The molecule has 1 amide bonds. The molecule has 32 heavy (non-hydrogen) atoms. The Morgan fingerprint density at radius 3 is 2.44 bits per heavy atom. The minimum atomic E-state index is -0.173. The molecule has 0 radical (unpaired) electrons. The molecule has 0 aliphatic carbocycles. The highest BCUT2D eigenvalue weighted by molar-refractivity contribution is 6.06. The fourth-order valence-corrected chi connectivity index (χ4v) is 4.44. The second kappa shape index (κ2) is 10.3. The van der Waals surface area contributed by atoms with E-state index in [0.717, 1.165) is 24.9 Å². The second-order valence-electron chi connectivity index (χ2n) is 9.83. The Balaban J connectivity index is 1.97. The Morgan fingerprint density at radius 1 is 1.09 bits per heavy atom. The number of hydrogen-bond donors (Lipinski definition) is 1. The third-order valence-corrected chi connectivity index (χ3v) is 6.54. The standard InChI is InChI=1S/C29H38N2O/c1-7-8-9-22-10-12-23(13-11-22)14-17-27-29(4,5)25-20-24(28(32)30-6)15-16-26(25)31(27)19-18-21(2)3/h10-17,20-21H,7-9,18-19H2,1-6H3/p+1. The van der Waals surface area contributed by atoms with Crippen molar-refractivity contribution in [2.75, 3.05) is 13.6 Å². The highest BCUT2D eigenvalue weighted by Crippen LogP contribution is 2.41. The number of hydrogen-bond acceptors (Lipinski definition) is 1. The number of carbonyl (C=O) groups is 1. The van der Waals surface area contributed by atoms with Crippen molar-refractivity contribution in [1.82, 2.24) is 5.32 Å². The van der Waals surface area contributed by atoms with Crippen LogP contribution in [0, 0.1) is 5.92 Å². The van der Waals surface area contributed by atoms with Crippen molar-refractivity contribution in [3.8, 4) is 0 Å². The molecule has 0 aromatic heterocycles. The highest BCUT2D eigenvalue weighted by Gasteiger charge is 2.44. The first-order valence-electron chi connectivity index (χ1n) is 12.1. The van der Waals surface area contributed by atoms with Gasteiger partial charge in [0.1, 0.15) is 6.54 Å². The van der Waals surface area contributed by atoms with Gasteiger partial charge in [-0.05, 0) is 61.9 Å². The SMILES string of the molecule is CCCCc1ccc(C=CC2=[N+](CCC(C)C)c3ccc(C(=O)NC)cc3C2(C)C)cc1. The number of allylic oxidation sites excluding steroid dienone is 1. The van der Waals surface area contributed by atoms with Crippen molar-refractivity contribution in [3.05, 3.63) is 70.8 Å². The zero-order valence-electron chi connectivity index (χ0n) is 20.7. The van der Waals surface area contributed by atoms with Crippen LogP contribution in [0.1, 0.15) is 80.9 Å². The molecule has 1 N–H and O–H groups in total. The van der Waals surface area contributed by atoms with Crippen LogP contribution >= 0.6 is 0 Å². The number of carbonyl (C=O) groups excluding carboxylic acids is 1. The van der Waals surface area contributed by atoms with Crippen molar-refractivity contribution in [2.45, 2.75) is 65.7 Å². The summed E-state index contributed by atoms with van der Waals surface area (Å²) in [5.41, 5.74) is 6.90. The summed E-state index contributed by atoms with van der Waals surface area (Å²) in [7, 11) is 1.68. The summed E-state index contributed by atoms with van der Waals surface area (Å²) >= 11 is 0. The molecule has 1 aliphatic rings. The molecule has 0 atom stereocenters. The summed E-state index contributed by atoms with van der Waals surface area (Å²) in [5, 5.41) is 2.75. The lowest BCUT2D eigenvalue weighted by molar-refractivity contribution is -0.439. The van der Waals surface area contributed by atoms with Gasteiger partial charge in [0.2, 0.25) is 5.69 Å². The normalized spacial score (nSPS) is 15.0. The summed E-state index contributed by atoms with van der Waals surface area (Å²) in [4.78, 5) is 12.3. The fourth-order valence-electron chi connectivity index (χ4n) is 4.44. The zero-order chi connectivity index (χ0) is 23.3. The Bertz CT molecular complexity index is 1010. The summed E-state index contributed by atoms with van der Waals surface area (Å²) in [6, 6.07) is 15.1.